The molecule has 0 spiro atoms. The molecule has 242 valence electrons. The maximum absolute atomic E-state index is 13.4. The van der Waals surface area contributed by atoms with Crippen molar-refractivity contribution in [3.63, 3.8) is 0 Å². The van der Waals surface area contributed by atoms with Crippen LogP contribution >= 0.6 is 0 Å². The van der Waals surface area contributed by atoms with E-state index in [1.165, 1.54) is 5.56 Å². The van der Waals surface area contributed by atoms with Crippen LogP contribution in [0.4, 0.5) is 5.69 Å². The average molecular weight is 645 g/mol. The highest BCUT2D eigenvalue weighted by molar-refractivity contribution is 7.85. The lowest BCUT2D eigenvalue weighted by Crippen LogP contribution is -2.35. The van der Waals surface area contributed by atoms with Gasteiger partial charge in [-0.2, -0.15) is 13.5 Å². The summed E-state index contributed by atoms with van der Waals surface area (Å²) < 4.78 is 38.6. The van der Waals surface area contributed by atoms with Crippen LogP contribution in [-0.4, -0.2) is 60.0 Å². The Kier molecular flexibility index (Phi) is 10.2. The summed E-state index contributed by atoms with van der Waals surface area (Å²) in [7, 11) is -4.16. The van der Waals surface area contributed by atoms with Gasteiger partial charge < -0.3 is 15.0 Å². The van der Waals surface area contributed by atoms with Gasteiger partial charge in [0.1, 0.15) is 5.75 Å². The maximum Gasteiger partial charge on any atom is 0.266 e. The van der Waals surface area contributed by atoms with Gasteiger partial charge in [-0.1, -0.05) is 36.4 Å². The van der Waals surface area contributed by atoms with Gasteiger partial charge in [-0.25, -0.2) is 0 Å². The minimum Gasteiger partial charge on any atom is -0.493 e. The summed E-state index contributed by atoms with van der Waals surface area (Å²) in [6.07, 6.45) is 4.78. The molecule has 0 bridgehead atoms. The Labute approximate surface area is 270 Å². The molecular formula is C35H40N4O6S. The van der Waals surface area contributed by atoms with Crippen molar-refractivity contribution in [2.24, 2.45) is 0 Å². The molecule has 11 heteroatoms. The van der Waals surface area contributed by atoms with Crippen molar-refractivity contribution in [2.45, 2.75) is 53.0 Å². The third-order valence-electron chi connectivity index (χ3n) is 8.31. The molecule has 3 aromatic carbocycles. The number of benzene rings is 3. The second-order valence-electron chi connectivity index (χ2n) is 11.7. The molecule has 4 aromatic rings. The molecule has 2 N–H and O–H groups in total. The van der Waals surface area contributed by atoms with E-state index in [9.17, 15) is 18.0 Å². The molecule has 2 heterocycles. The number of hydrogen-bond acceptors (Lipinski definition) is 6. The Morgan fingerprint density at radius 3 is 2.61 bits per heavy atom. The van der Waals surface area contributed by atoms with Gasteiger partial charge in [-0.3, -0.25) is 18.8 Å². The van der Waals surface area contributed by atoms with Crippen molar-refractivity contribution in [1.82, 2.24) is 15.1 Å². The summed E-state index contributed by atoms with van der Waals surface area (Å²) in [6.45, 7) is 7.48. The number of rotatable bonds is 12. The molecule has 2 amide bonds. The molecule has 46 heavy (non-hydrogen) atoms. The highest BCUT2D eigenvalue weighted by Gasteiger charge is 2.25. The fraction of sp³-hybridized carbons (Fsp3) is 0.343. The highest BCUT2D eigenvalue weighted by Crippen LogP contribution is 2.37. The fourth-order valence-corrected chi connectivity index (χ4v) is 6.17. The van der Waals surface area contributed by atoms with E-state index in [-0.39, 0.29) is 12.5 Å². The molecule has 5 rings (SSSR count). The molecule has 1 aliphatic rings. The zero-order valence-corrected chi connectivity index (χ0v) is 27.3. The Morgan fingerprint density at radius 1 is 1.02 bits per heavy atom. The molecule has 0 aliphatic carbocycles. The number of hydrogen-bond donors (Lipinski definition) is 2. The molecular weight excluding hydrogens is 604 g/mol. The molecule has 0 atom stereocenters. The van der Waals surface area contributed by atoms with Gasteiger partial charge in [0.05, 0.1) is 24.6 Å². The maximum atomic E-state index is 13.4. The van der Waals surface area contributed by atoms with Crippen molar-refractivity contribution in [3.8, 4) is 16.9 Å². The number of amides is 2. The van der Waals surface area contributed by atoms with Crippen LogP contribution in [0.1, 0.15) is 57.6 Å². The average Bonchev–Trinajstić information content (AvgIpc) is 3.39. The minimum absolute atomic E-state index is 0.0944. The standard InChI is InChI=1S/C35H40N4O6S/c1-24-9-4-15-33(25(24)2)45-19-8-16-34(40)39-18-7-13-30-29(12-6-14-32(30)39)31-23-38(37-26(31)3)22-27-10-5-11-28(21-27)35(41)36-17-20-46(42,43)44/h4-6,9-12,14-15,21,23H,7-8,13,16-20,22H2,1-3H3,(H,36,41)(H,42,43,44). The third-order valence-corrected chi connectivity index (χ3v) is 9.03. The first-order valence-electron chi connectivity index (χ1n) is 15.5. The Balaban J connectivity index is 1.25. The number of fused-ring (bicyclic) bond motifs is 1. The van der Waals surface area contributed by atoms with Crippen molar-refractivity contribution in [2.75, 3.05) is 30.3 Å². The number of carbonyl (C=O) groups is 2. The first-order valence-corrected chi connectivity index (χ1v) is 17.1. The molecule has 0 saturated heterocycles. The predicted molar refractivity (Wildman–Crippen MR) is 178 cm³/mol. The monoisotopic (exact) mass is 644 g/mol. The van der Waals surface area contributed by atoms with E-state index in [0.717, 1.165) is 57.8 Å². The predicted octanol–water partition coefficient (Wildman–Crippen LogP) is 5.28. The SMILES string of the molecule is Cc1cccc(OCCCC(=O)N2CCCc3c(-c4cn(Cc5cccc(C(=O)NCCS(=O)(=O)O)c5)nc4C)cccc32)c1C. The number of carbonyl (C=O) groups excluding carboxylic acids is 2. The zero-order valence-electron chi connectivity index (χ0n) is 26.5. The van der Waals surface area contributed by atoms with Crippen molar-refractivity contribution in [1.29, 1.82) is 0 Å². The molecule has 1 aromatic heterocycles. The molecule has 10 nitrogen and oxygen atoms in total. The normalized spacial score (nSPS) is 12.9. The summed E-state index contributed by atoms with van der Waals surface area (Å²) >= 11 is 0. The largest absolute Gasteiger partial charge is 0.493 e. The quantitative estimate of drug-likeness (QED) is 0.159. The van der Waals surface area contributed by atoms with E-state index in [2.05, 4.69) is 24.4 Å². The first-order chi connectivity index (χ1) is 22.0. The van der Waals surface area contributed by atoms with Crippen LogP contribution in [0.2, 0.25) is 0 Å². The summed E-state index contributed by atoms with van der Waals surface area (Å²) in [4.78, 5) is 27.8. The van der Waals surface area contributed by atoms with Gasteiger partial charge in [0.25, 0.3) is 16.0 Å². The van der Waals surface area contributed by atoms with E-state index in [0.29, 0.717) is 38.1 Å². The van der Waals surface area contributed by atoms with E-state index >= 15 is 0 Å². The lowest BCUT2D eigenvalue weighted by molar-refractivity contribution is -0.118. The summed E-state index contributed by atoms with van der Waals surface area (Å²) in [6, 6.07) is 19.1. The summed E-state index contributed by atoms with van der Waals surface area (Å²) in [5, 5.41) is 7.26. The molecule has 0 unspecified atom stereocenters. The number of aromatic nitrogens is 2. The highest BCUT2D eigenvalue weighted by atomic mass is 32.2. The van der Waals surface area contributed by atoms with Gasteiger partial charge in [0, 0.05) is 42.5 Å². The molecule has 1 aliphatic heterocycles. The Morgan fingerprint density at radius 2 is 1.80 bits per heavy atom. The number of anilines is 1. The van der Waals surface area contributed by atoms with Gasteiger partial charge in [-0.15, -0.1) is 0 Å². The van der Waals surface area contributed by atoms with Crippen LogP contribution in [0.5, 0.6) is 5.75 Å². The van der Waals surface area contributed by atoms with Crippen LogP contribution in [-0.2, 0) is 27.9 Å². The summed E-state index contributed by atoms with van der Waals surface area (Å²) in [5.74, 6) is -0.0152. The second kappa shape index (κ2) is 14.3. The first kappa shape index (κ1) is 32.9. The lowest BCUT2D eigenvalue weighted by atomic mass is 9.92. The minimum atomic E-state index is -4.16. The van der Waals surface area contributed by atoms with Gasteiger partial charge >= 0.3 is 0 Å². The number of nitrogens with zero attached hydrogens (tertiary/aromatic N) is 3. The van der Waals surface area contributed by atoms with Crippen LogP contribution in [0, 0.1) is 20.8 Å². The fourth-order valence-electron chi connectivity index (χ4n) is 5.81. The molecule has 0 saturated carbocycles. The topological polar surface area (TPSA) is 131 Å². The van der Waals surface area contributed by atoms with Crippen LogP contribution in [0.15, 0.2) is 66.9 Å². The van der Waals surface area contributed by atoms with Crippen molar-refractivity contribution >= 4 is 27.6 Å². The number of aryl methyl sites for hydroxylation is 2. The Hall–Kier alpha value is -4.48. The van der Waals surface area contributed by atoms with Gasteiger partial charge in [-0.05, 0) is 92.1 Å². The molecule has 0 radical (unpaired) electrons. The zero-order chi connectivity index (χ0) is 32.8. The Bertz CT molecular complexity index is 1850. The lowest BCUT2D eigenvalue weighted by Gasteiger charge is -2.31. The number of nitrogens with one attached hydrogen (secondary N) is 1. The number of ether oxygens (including phenoxy) is 1. The second-order valence-corrected chi connectivity index (χ2v) is 13.2. The van der Waals surface area contributed by atoms with Gasteiger partial charge in [0.2, 0.25) is 5.91 Å². The van der Waals surface area contributed by atoms with Crippen LogP contribution in [0.25, 0.3) is 11.1 Å². The third kappa shape index (κ3) is 8.02. The van der Waals surface area contributed by atoms with E-state index in [1.807, 2.05) is 60.0 Å². The smallest absolute Gasteiger partial charge is 0.266 e. The van der Waals surface area contributed by atoms with Crippen LogP contribution in [0.3, 0.4) is 0 Å². The summed E-state index contributed by atoms with van der Waals surface area (Å²) in [5.41, 5.74) is 8.54. The van der Waals surface area contributed by atoms with Crippen molar-refractivity contribution in [3.05, 3.63) is 100 Å². The van der Waals surface area contributed by atoms with E-state index < -0.39 is 21.8 Å². The van der Waals surface area contributed by atoms with E-state index in [4.69, 9.17) is 14.4 Å². The van der Waals surface area contributed by atoms with Crippen LogP contribution < -0.4 is 15.0 Å². The van der Waals surface area contributed by atoms with E-state index in [1.54, 1.807) is 18.2 Å². The molecule has 0 fully saturated rings. The van der Waals surface area contributed by atoms with Crippen molar-refractivity contribution < 1.29 is 27.3 Å². The van der Waals surface area contributed by atoms with Gasteiger partial charge in [0.15, 0.2) is 0 Å².